The minimum atomic E-state index is -0.193. The Balaban J connectivity index is 1.81. The van der Waals surface area contributed by atoms with Crippen LogP contribution in [0.25, 0.3) is 21.8 Å². The molecule has 4 aromatic rings. The summed E-state index contributed by atoms with van der Waals surface area (Å²) in [6.45, 7) is 3.05. The number of fused-ring (bicyclic) bond motifs is 3. The Labute approximate surface area is 132 Å². The second-order valence-electron chi connectivity index (χ2n) is 5.42. The van der Waals surface area contributed by atoms with E-state index in [4.69, 9.17) is 0 Å². The molecule has 0 atom stereocenters. The number of amides is 1. The number of para-hydroxylation sites is 1. The van der Waals surface area contributed by atoms with Crippen molar-refractivity contribution in [3.05, 3.63) is 60.4 Å². The quantitative estimate of drug-likeness (QED) is 0.605. The summed E-state index contributed by atoms with van der Waals surface area (Å²) in [7, 11) is 0. The molecule has 0 bridgehead atoms. The van der Waals surface area contributed by atoms with E-state index in [1.165, 1.54) is 16.4 Å². The molecule has 2 aromatic carbocycles. The fraction of sp³-hybridized carbons (Fsp3) is 0.111. The molecule has 0 fully saturated rings. The molecule has 0 unspecified atom stereocenters. The summed E-state index contributed by atoms with van der Waals surface area (Å²) in [6, 6.07) is 16.0. The number of benzene rings is 2. The molecule has 0 aliphatic rings. The third kappa shape index (κ3) is 2.17. The Morgan fingerprint density at radius 3 is 2.74 bits per heavy atom. The molecule has 0 aliphatic heterocycles. The summed E-state index contributed by atoms with van der Waals surface area (Å²) in [5.74, 6) is -0.193. The Morgan fingerprint density at radius 1 is 1.13 bits per heavy atom. The van der Waals surface area contributed by atoms with Crippen molar-refractivity contribution in [3.63, 3.8) is 0 Å². The van der Waals surface area contributed by atoms with Crippen molar-refractivity contribution in [1.29, 1.82) is 0 Å². The third-order valence-corrected chi connectivity index (χ3v) is 4.09. The van der Waals surface area contributed by atoms with Crippen LogP contribution >= 0.6 is 0 Å². The molecule has 0 saturated heterocycles. The zero-order valence-corrected chi connectivity index (χ0v) is 12.7. The van der Waals surface area contributed by atoms with Gasteiger partial charge in [-0.15, -0.1) is 0 Å². The summed E-state index contributed by atoms with van der Waals surface area (Å²) < 4.78 is 2.28. The molecular formula is C18H16N4O. The molecule has 0 aliphatic carbocycles. The van der Waals surface area contributed by atoms with Gasteiger partial charge < -0.3 is 9.88 Å². The van der Waals surface area contributed by atoms with Crippen LogP contribution in [-0.2, 0) is 6.54 Å². The van der Waals surface area contributed by atoms with Crippen LogP contribution in [0.2, 0.25) is 0 Å². The molecule has 0 radical (unpaired) electrons. The van der Waals surface area contributed by atoms with Crippen molar-refractivity contribution in [2.75, 3.05) is 5.32 Å². The number of H-pyrrole nitrogens is 1. The maximum absolute atomic E-state index is 12.1. The van der Waals surface area contributed by atoms with Gasteiger partial charge in [-0.1, -0.05) is 18.2 Å². The van der Waals surface area contributed by atoms with Crippen LogP contribution in [0.5, 0.6) is 0 Å². The van der Waals surface area contributed by atoms with Gasteiger partial charge >= 0.3 is 0 Å². The molecule has 4 rings (SSSR count). The molecule has 2 aromatic heterocycles. The first kappa shape index (κ1) is 13.6. The predicted octanol–water partition coefficient (Wildman–Crippen LogP) is 3.79. The van der Waals surface area contributed by atoms with Crippen molar-refractivity contribution < 1.29 is 4.79 Å². The molecule has 5 nitrogen and oxygen atoms in total. The van der Waals surface area contributed by atoms with Crippen LogP contribution in [-0.4, -0.2) is 20.7 Å². The highest BCUT2D eigenvalue weighted by molar-refractivity contribution is 6.10. The smallest absolute Gasteiger partial charge is 0.273 e. The average molecular weight is 304 g/mol. The number of rotatable bonds is 3. The molecule has 2 heterocycles. The number of hydrogen-bond donors (Lipinski definition) is 2. The van der Waals surface area contributed by atoms with Crippen molar-refractivity contribution in [3.8, 4) is 0 Å². The number of carbonyl (C=O) groups excluding carboxylic acids is 1. The summed E-state index contributed by atoms with van der Waals surface area (Å²) in [6.07, 6.45) is 1.56. The Hall–Kier alpha value is -3.08. The lowest BCUT2D eigenvalue weighted by atomic mass is 10.1. The van der Waals surface area contributed by atoms with Gasteiger partial charge in [0.05, 0.1) is 0 Å². The number of aromatic amines is 1. The summed E-state index contributed by atoms with van der Waals surface area (Å²) in [5.41, 5.74) is 3.60. The molecule has 5 heteroatoms. The second-order valence-corrected chi connectivity index (χ2v) is 5.42. The van der Waals surface area contributed by atoms with E-state index in [0.29, 0.717) is 5.69 Å². The van der Waals surface area contributed by atoms with Gasteiger partial charge in [0, 0.05) is 40.2 Å². The lowest BCUT2D eigenvalue weighted by Gasteiger charge is -2.05. The van der Waals surface area contributed by atoms with Crippen LogP contribution in [0, 0.1) is 0 Å². The van der Waals surface area contributed by atoms with Crippen LogP contribution in [0.4, 0.5) is 5.69 Å². The highest BCUT2D eigenvalue weighted by Gasteiger charge is 2.11. The van der Waals surface area contributed by atoms with Gasteiger partial charge in [-0.3, -0.25) is 9.89 Å². The van der Waals surface area contributed by atoms with Gasteiger partial charge in [0.1, 0.15) is 5.69 Å². The first-order chi connectivity index (χ1) is 11.3. The van der Waals surface area contributed by atoms with Crippen molar-refractivity contribution in [1.82, 2.24) is 14.8 Å². The molecule has 2 N–H and O–H groups in total. The minimum Gasteiger partial charge on any atom is -0.341 e. The molecule has 0 saturated carbocycles. The number of nitrogens with zero attached hydrogens (tertiary/aromatic N) is 2. The standard InChI is InChI=1S/C18H16N4O/c1-2-22-16-6-4-3-5-13(16)14-11-12(7-8-17(14)22)20-18(23)15-9-10-19-21-15/h3-11H,2H2,1H3,(H,19,21)(H,20,23). The molecular weight excluding hydrogens is 288 g/mol. The van der Waals surface area contributed by atoms with E-state index in [2.05, 4.69) is 45.2 Å². The van der Waals surface area contributed by atoms with Gasteiger partial charge in [0.15, 0.2) is 0 Å². The van der Waals surface area contributed by atoms with Crippen LogP contribution < -0.4 is 5.32 Å². The third-order valence-electron chi connectivity index (χ3n) is 4.09. The van der Waals surface area contributed by atoms with E-state index >= 15 is 0 Å². The van der Waals surface area contributed by atoms with E-state index in [1.54, 1.807) is 12.3 Å². The lowest BCUT2D eigenvalue weighted by Crippen LogP contribution is -2.12. The largest absolute Gasteiger partial charge is 0.341 e. The zero-order valence-electron chi connectivity index (χ0n) is 12.7. The van der Waals surface area contributed by atoms with Gasteiger partial charge in [0.2, 0.25) is 0 Å². The molecule has 114 valence electrons. The van der Waals surface area contributed by atoms with Crippen LogP contribution in [0.1, 0.15) is 17.4 Å². The molecule has 1 amide bonds. The number of aryl methyl sites for hydroxylation is 1. The fourth-order valence-corrected chi connectivity index (χ4v) is 3.05. The Bertz CT molecular complexity index is 999. The Kier molecular flexibility index (Phi) is 3.12. The summed E-state index contributed by atoms with van der Waals surface area (Å²) in [4.78, 5) is 12.1. The van der Waals surface area contributed by atoms with Crippen molar-refractivity contribution in [2.24, 2.45) is 0 Å². The van der Waals surface area contributed by atoms with Gasteiger partial charge in [-0.25, -0.2) is 0 Å². The predicted molar refractivity (Wildman–Crippen MR) is 91.7 cm³/mol. The molecule has 23 heavy (non-hydrogen) atoms. The summed E-state index contributed by atoms with van der Waals surface area (Å²) >= 11 is 0. The number of carbonyl (C=O) groups is 1. The van der Waals surface area contributed by atoms with E-state index in [9.17, 15) is 4.79 Å². The van der Waals surface area contributed by atoms with Crippen molar-refractivity contribution in [2.45, 2.75) is 13.5 Å². The fourth-order valence-electron chi connectivity index (χ4n) is 3.05. The van der Waals surface area contributed by atoms with E-state index in [-0.39, 0.29) is 5.91 Å². The van der Waals surface area contributed by atoms with E-state index in [0.717, 1.165) is 17.6 Å². The highest BCUT2D eigenvalue weighted by atomic mass is 16.1. The normalized spacial score (nSPS) is 11.2. The molecule has 0 spiro atoms. The maximum atomic E-state index is 12.1. The first-order valence-corrected chi connectivity index (χ1v) is 7.59. The van der Waals surface area contributed by atoms with Crippen molar-refractivity contribution >= 4 is 33.4 Å². The lowest BCUT2D eigenvalue weighted by molar-refractivity contribution is 0.102. The monoisotopic (exact) mass is 304 g/mol. The van der Waals surface area contributed by atoms with E-state index < -0.39 is 0 Å². The topological polar surface area (TPSA) is 62.7 Å². The summed E-state index contributed by atoms with van der Waals surface area (Å²) in [5, 5.41) is 11.7. The highest BCUT2D eigenvalue weighted by Crippen LogP contribution is 2.31. The average Bonchev–Trinajstić information content (AvgIpc) is 3.21. The maximum Gasteiger partial charge on any atom is 0.273 e. The number of nitrogens with one attached hydrogen (secondary N) is 2. The second kappa shape index (κ2) is 5.28. The van der Waals surface area contributed by atoms with Gasteiger partial charge in [-0.2, -0.15) is 5.10 Å². The van der Waals surface area contributed by atoms with Gasteiger partial charge in [-0.05, 0) is 37.3 Å². The first-order valence-electron chi connectivity index (χ1n) is 7.59. The number of hydrogen-bond acceptors (Lipinski definition) is 2. The van der Waals surface area contributed by atoms with Crippen LogP contribution in [0.3, 0.4) is 0 Å². The van der Waals surface area contributed by atoms with Gasteiger partial charge in [0.25, 0.3) is 5.91 Å². The minimum absolute atomic E-state index is 0.193. The van der Waals surface area contributed by atoms with Crippen LogP contribution in [0.15, 0.2) is 54.7 Å². The van der Waals surface area contributed by atoms with E-state index in [1.807, 2.05) is 24.3 Å². The Morgan fingerprint density at radius 2 is 1.96 bits per heavy atom. The number of aromatic nitrogens is 3. The SMILES string of the molecule is CCn1c2ccccc2c2cc(NC(=O)c3ccn[nH]3)ccc21. The zero-order chi connectivity index (χ0) is 15.8. The number of anilines is 1.